The van der Waals surface area contributed by atoms with Gasteiger partial charge in [-0.2, -0.15) is 14.9 Å². The summed E-state index contributed by atoms with van der Waals surface area (Å²) in [6.07, 6.45) is 3.06. The standard InChI is InChI=1S/C14H9ClN6O2S/c15-10-5-4-9(7-12(10)21(22)23)8-17-20-13(18-19-14(20)24)11-3-1-2-6-16-11/h1-8H,(H,19,24). The number of hydrogen-bond donors (Lipinski definition) is 1. The molecule has 0 aliphatic rings. The summed E-state index contributed by atoms with van der Waals surface area (Å²) in [5.41, 5.74) is 0.895. The number of pyridine rings is 1. The molecule has 0 saturated carbocycles. The van der Waals surface area contributed by atoms with E-state index in [1.165, 1.54) is 23.0 Å². The average molecular weight is 361 g/mol. The Kier molecular flexibility index (Phi) is 4.45. The fraction of sp³-hybridized carbons (Fsp3) is 0. The lowest BCUT2D eigenvalue weighted by Gasteiger charge is -2.00. The first kappa shape index (κ1) is 16.0. The van der Waals surface area contributed by atoms with Crippen molar-refractivity contribution in [2.24, 2.45) is 5.10 Å². The second-order valence-corrected chi connectivity index (χ2v) is 5.39. The summed E-state index contributed by atoms with van der Waals surface area (Å²) in [6, 6.07) is 9.75. The van der Waals surface area contributed by atoms with Gasteiger partial charge >= 0.3 is 0 Å². The molecule has 0 aliphatic carbocycles. The van der Waals surface area contributed by atoms with Crippen LogP contribution in [0.15, 0.2) is 47.7 Å². The third-order valence-electron chi connectivity index (χ3n) is 3.03. The number of nitrogens with one attached hydrogen (secondary N) is 1. The summed E-state index contributed by atoms with van der Waals surface area (Å²) < 4.78 is 1.66. The van der Waals surface area contributed by atoms with Gasteiger partial charge in [-0.05, 0) is 30.4 Å². The number of nitro groups is 1. The monoisotopic (exact) mass is 360 g/mol. The van der Waals surface area contributed by atoms with Crippen LogP contribution in [0.2, 0.25) is 5.02 Å². The number of aromatic amines is 1. The molecule has 1 aromatic carbocycles. The zero-order chi connectivity index (χ0) is 17.1. The zero-order valence-corrected chi connectivity index (χ0v) is 13.5. The van der Waals surface area contributed by atoms with Crippen molar-refractivity contribution in [1.29, 1.82) is 0 Å². The van der Waals surface area contributed by atoms with Crippen LogP contribution >= 0.6 is 23.8 Å². The zero-order valence-electron chi connectivity index (χ0n) is 12.0. The Bertz CT molecular complexity index is 982. The SMILES string of the molecule is O=[N+]([O-])c1cc(C=Nn2c(-c3ccccn3)n[nH]c2=S)ccc1Cl. The molecule has 0 bridgehead atoms. The van der Waals surface area contributed by atoms with Gasteiger partial charge in [-0.1, -0.05) is 23.7 Å². The van der Waals surface area contributed by atoms with E-state index in [0.29, 0.717) is 17.1 Å². The van der Waals surface area contributed by atoms with Gasteiger partial charge in [0.25, 0.3) is 5.69 Å². The van der Waals surface area contributed by atoms with Crippen LogP contribution < -0.4 is 0 Å². The molecule has 0 radical (unpaired) electrons. The minimum atomic E-state index is -0.553. The molecule has 0 atom stereocenters. The van der Waals surface area contributed by atoms with Gasteiger partial charge < -0.3 is 0 Å². The van der Waals surface area contributed by atoms with Crippen LogP contribution in [0.5, 0.6) is 0 Å². The molecule has 0 amide bonds. The number of halogens is 1. The number of H-pyrrole nitrogens is 1. The van der Waals surface area contributed by atoms with Crippen molar-refractivity contribution in [2.45, 2.75) is 0 Å². The van der Waals surface area contributed by atoms with Crippen molar-refractivity contribution in [3.63, 3.8) is 0 Å². The molecular weight excluding hydrogens is 352 g/mol. The molecule has 2 aromatic heterocycles. The maximum Gasteiger partial charge on any atom is 0.288 e. The lowest BCUT2D eigenvalue weighted by atomic mass is 10.2. The van der Waals surface area contributed by atoms with Gasteiger partial charge in [-0.25, -0.2) is 5.10 Å². The van der Waals surface area contributed by atoms with Crippen LogP contribution in [0.25, 0.3) is 11.5 Å². The minimum Gasteiger partial charge on any atom is -0.258 e. The molecule has 0 aliphatic heterocycles. The Morgan fingerprint density at radius 3 is 2.92 bits per heavy atom. The predicted molar refractivity (Wildman–Crippen MR) is 91.7 cm³/mol. The van der Waals surface area contributed by atoms with E-state index in [-0.39, 0.29) is 15.5 Å². The van der Waals surface area contributed by atoms with Gasteiger partial charge in [-0.15, -0.1) is 0 Å². The number of benzene rings is 1. The van der Waals surface area contributed by atoms with E-state index in [0.717, 1.165) is 0 Å². The smallest absolute Gasteiger partial charge is 0.258 e. The summed E-state index contributed by atoms with van der Waals surface area (Å²) >= 11 is 10.9. The molecule has 0 unspecified atom stereocenters. The summed E-state index contributed by atoms with van der Waals surface area (Å²) in [5.74, 6) is 0.431. The van der Waals surface area contributed by atoms with E-state index in [4.69, 9.17) is 23.8 Å². The maximum atomic E-state index is 10.9. The highest BCUT2D eigenvalue weighted by atomic mass is 35.5. The minimum absolute atomic E-state index is 0.0613. The first-order valence-electron chi connectivity index (χ1n) is 6.63. The number of hydrogen-bond acceptors (Lipinski definition) is 6. The molecule has 2 heterocycles. The molecule has 120 valence electrons. The molecule has 10 heteroatoms. The molecule has 1 N–H and O–H groups in total. The summed E-state index contributed by atoms with van der Waals surface area (Å²) in [7, 11) is 0. The van der Waals surface area contributed by atoms with Gasteiger partial charge in [0.05, 0.1) is 11.1 Å². The van der Waals surface area contributed by atoms with Crippen LogP contribution in [-0.2, 0) is 0 Å². The first-order chi connectivity index (χ1) is 11.6. The van der Waals surface area contributed by atoms with Gasteiger partial charge in [-0.3, -0.25) is 15.1 Å². The second kappa shape index (κ2) is 6.69. The summed E-state index contributed by atoms with van der Waals surface area (Å²) in [6.45, 7) is 0. The largest absolute Gasteiger partial charge is 0.288 e. The Morgan fingerprint density at radius 1 is 1.38 bits per heavy atom. The molecular formula is C14H9ClN6O2S. The average Bonchev–Trinajstić information content (AvgIpc) is 2.95. The topological polar surface area (TPSA) is 102 Å². The van der Waals surface area contributed by atoms with E-state index in [1.54, 1.807) is 24.4 Å². The van der Waals surface area contributed by atoms with Gasteiger partial charge in [0.2, 0.25) is 10.6 Å². The Hall–Kier alpha value is -2.91. The van der Waals surface area contributed by atoms with E-state index >= 15 is 0 Å². The lowest BCUT2D eigenvalue weighted by molar-refractivity contribution is -0.384. The van der Waals surface area contributed by atoms with E-state index < -0.39 is 4.92 Å². The lowest BCUT2D eigenvalue weighted by Crippen LogP contribution is -1.97. The second-order valence-electron chi connectivity index (χ2n) is 4.59. The Morgan fingerprint density at radius 2 is 2.21 bits per heavy atom. The maximum absolute atomic E-state index is 10.9. The van der Waals surface area contributed by atoms with E-state index in [9.17, 15) is 10.1 Å². The Labute approximate surface area is 145 Å². The predicted octanol–water partition coefficient (Wildman–Crippen LogP) is 3.45. The normalized spacial score (nSPS) is 11.0. The molecule has 24 heavy (non-hydrogen) atoms. The molecule has 8 nitrogen and oxygen atoms in total. The van der Waals surface area contributed by atoms with Crippen LogP contribution in [0.3, 0.4) is 0 Å². The molecule has 0 saturated heterocycles. The van der Waals surface area contributed by atoms with E-state index in [1.807, 2.05) is 6.07 Å². The van der Waals surface area contributed by atoms with E-state index in [2.05, 4.69) is 20.3 Å². The quantitative estimate of drug-likeness (QED) is 0.332. The van der Waals surface area contributed by atoms with Crippen LogP contribution in [0.4, 0.5) is 5.69 Å². The van der Waals surface area contributed by atoms with Gasteiger partial charge in [0.1, 0.15) is 10.7 Å². The van der Waals surface area contributed by atoms with Gasteiger partial charge in [0.15, 0.2) is 0 Å². The fourth-order valence-corrected chi connectivity index (χ4v) is 2.30. The number of aromatic nitrogens is 4. The number of nitro benzene ring substituents is 1. The molecule has 3 aromatic rings. The van der Waals surface area contributed by atoms with Crippen LogP contribution in [0, 0.1) is 14.9 Å². The van der Waals surface area contributed by atoms with Crippen LogP contribution in [-0.4, -0.2) is 31.0 Å². The summed E-state index contributed by atoms with van der Waals surface area (Å²) in [5, 5.41) is 22.0. The van der Waals surface area contributed by atoms with Crippen molar-refractivity contribution in [1.82, 2.24) is 19.9 Å². The van der Waals surface area contributed by atoms with Crippen molar-refractivity contribution < 1.29 is 4.92 Å². The highest BCUT2D eigenvalue weighted by Gasteiger charge is 2.12. The number of rotatable bonds is 4. The molecule has 0 fully saturated rings. The van der Waals surface area contributed by atoms with Gasteiger partial charge in [0, 0.05) is 17.8 Å². The van der Waals surface area contributed by atoms with Crippen molar-refractivity contribution in [3.05, 3.63) is 68.1 Å². The van der Waals surface area contributed by atoms with Crippen LogP contribution in [0.1, 0.15) is 5.56 Å². The highest BCUT2D eigenvalue weighted by Crippen LogP contribution is 2.24. The summed E-state index contributed by atoms with van der Waals surface area (Å²) in [4.78, 5) is 14.6. The van der Waals surface area contributed by atoms with Crippen molar-refractivity contribution in [2.75, 3.05) is 0 Å². The molecule has 3 rings (SSSR count). The molecule has 0 spiro atoms. The third-order valence-corrected chi connectivity index (χ3v) is 3.62. The third kappa shape index (κ3) is 3.21. The van der Waals surface area contributed by atoms with Crippen molar-refractivity contribution >= 4 is 35.7 Å². The number of nitrogens with zero attached hydrogens (tertiary/aromatic N) is 5. The first-order valence-corrected chi connectivity index (χ1v) is 7.42. The fourth-order valence-electron chi connectivity index (χ4n) is 1.93. The Balaban J connectivity index is 1.99. The van der Waals surface area contributed by atoms with Crippen molar-refractivity contribution in [3.8, 4) is 11.5 Å². The highest BCUT2D eigenvalue weighted by molar-refractivity contribution is 7.71.